The maximum atomic E-state index is 11.8. The minimum atomic E-state index is -0.412. The van der Waals surface area contributed by atoms with Gasteiger partial charge in [0.2, 0.25) is 5.91 Å². The third kappa shape index (κ3) is 1.91. The van der Waals surface area contributed by atoms with E-state index in [2.05, 4.69) is 0 Å². The van der Waals surface area contributed by atoms with Crippen LogP contribution in [0.5, 0.6) is 0 Å². The Morgan fingerprint density at radius 3 is 2.71 bits per heavy atom. The molecule has 0 aliphatic carbocycles. The largest absolute Gasteiger partial charge is 0.375 e. The van der Waals surface area contributed by atoms with Crippen LogP contribution in [0.25, 0.3) is 0 Å². The van der Waals surface area contributed by atoms with Gasteiger partial charge in [-0.05, 0) is 0 Å². The standard InChI is InChI=1S/C11H18N2O4/c1-12-8-5-13(9(14)6-16-2)4-7(8)10(17-3)11(12)15/h7-8,10H,4-6H2,1-3H3/t7-,8+,10-/m0/s1. The second kappa shape index (κ2) is 4.62. The minimum absolute atomic E-state index is 0.0151. The Labute approximate surface area is 100 Å². The summed E-state index contributed by atoms with van der Waals surface area (Å²) in [7, 11) is 4.81. The summed E-state index contributed by atoms with van der Waals surface area (Å²) in [6, 6.07) is 0.0771. The van der Waals surface area contributed by atoms with E-state index in [0.717, 1.165) is 0 Å². The van der Waals surface area contributed by atoms with Crippen molar-refractivity contribution in [3.8, 4) is 0 Å². The molecule has 2 aliphatic heterocycles. The third-order valence-corrected chi connectivity index (χ3v) is 3.68. The first kappa shape index (κ1) is 12.3. The Bertz CT molecular complexity index is 333. The molecule has 2 rings (SSSR count). The molecule has 0 saturated carbocycles. The number of amides is 2. The average molecular weight is 242 g/mol. The number of ether oxygens (including phenoxy) is 2. The molecule has 2 saturated heterocycles. The number of nitrogens with zero attached hydrogens (tertiary/aromatic N) is 2. The number of fused-ring (bicyclic) bond motifs is 1. The summed E-state index contributed by atoms with van der Waals surface area (Å²) in [6.07, 6.45) is -0.412. The van der Waals surface area contributed by atoms with Gasteiger partial charge in [-0.25, -0.2) is 0 Å². The number of likely N-dealkylation sites (tertiary alicyclic amines) is 2. The van der Waals surface area contributed by atoms with Gasteiger partial charge in [-0.15, -0.1) is 0 Å². The molecule has 2 aliphatic rings. The molecule has 2 amide bonds. The van der Waals surface area contributed by atoms with E-state index in [4.69, 9.17) is 9.47 Å². The van der Waals surface area contributed by atoms with E-state index < -0.39 is 6.10 Å². The maximum Gasteiger partial charge on any atom is 0.252 e. The van der Waals surface area contributed by atoms with Crippen molar-refractivity contribution in [1.82, 2.24) is 9.80 Å². The van der Waals surface area contributed by atoms with Crippen molar-refractivity contribution in [3.05, 3.63) is 0 Å². The zero-order chi connectivity index (χ0) is 12.6. The molecule has 0 spiro atoms. The summed E-state index contributed by atoms with van der Waals surface area (Å²) >= 11 is 0. The van der Waals surface area contributed by atoms with Gasteiger partial charge in [-0.3, -0.25) is 9.59 Å². The second-order valence-corrected chi connectivity index (χ2v) is 4.57. The fourth-order valence-corrected chi connectivity index (χ4v) is 2.76. The number of rotatable bonds is 3. The minimum Gasteiger partial charge on any atom is -0.375 e. The Morgan fingerprint density at radius 1 is 1.41 bits per heavy atom. The van der Waals surface area contributed by atoms with Crippen LogP contribution in [0.1, 0.15) is 0 Å². The van der Waals surface area contributed by atoms with Gasteiger partial charge in [-0.1, -0.05) is 0 Å². The first-order valence-electron chi connectivity index (χ1n) is 5.66. The molecule has 0 N–H and O–H groups in total. The van der Waals surface area contributed by atoms with E-state index in [-0.39, 0.29) is 30.4 Å². The van der Waals surface area contributed by atoms with Gasteiger partial charge in [0.15, 0.2) is 0 Å². The molecule has 0 radical (unpaired) electrons. The van der Waals surface area contributed by atoms with Crippen LogP contribution in [0.4, 0.5) is 0 Å². The van der Waals surface area contributed by atoms with Gasteiger partial charge >= 0.3 is 0 Å². The Morgan fingerprint density at radius 2 is 2.12 bits per heavy atom. The van der Waals surface area contributed by atoms with E-state index in [9.17, 15) is 9.59 Å². The molecule has 0 bridgehead atoms. The summed E-state index contributed by atoms with van der Waals surface area (Å²) < 4.78 is 10.1. The van der Waals surface area contributed by atoms with E-state index in [1.165, 1.54) is 7.11 Å². The fraction of sp³-hybridized carbons (Fsp3) is 0.818. The topological polar surface area (TPSA) is 59.1 Å². The van der Waals surface area contributed by atoms with Crippen molar-refractivity contribution in [2.45, 2.75) is 12.1 Å². The molecule has 0 unspecified atom stereocenters. The summed E-state index contributed by atoms with van der Waals surface area (Å²) in [6.45, 7) is 1.24. The quantitative estimate of drug-likeness (QED) is 0.633. The second-order valence-electron chi connectivity index (χ2n) is 4.57. The smallest absolute Gasteiger partial charge is 0.252 e. The molecule has 0 aromatic heterocycles. The highest BCUT2D eigenvalue weighted by Gasteiger charge is 2.52. The number of carbonyl (C=O) groups excluding carboxylic acids is 2. The van der Waals surface area contributed by atoms with Crippen LogP contribution in [0.15, 0.2) is 0 Å². The molecular weight excluding hydrogens is 224 g/mol. The maximum absolute atomic E-state index is 11.8. The SMILES string of the molecule is COCC(=O)N1C[C@@H]2[C@H](OC)C(=O)N(C)[C@@H]2C1. The lowest BCUT2D eigenvalue weighted by Crippen LogP contribution is -2.40. The van der Waals surface area contributed by atoms with Gasteiger partial charge in [0.25, 0.3) is 5.91 Å². The number of likely N-dealkylation sites (N-methyl/N-ethyl adjacent to an activating group) is 1. The van der Waals surface area contributed by atoms with E-state index in [1.807, 2.05) is 0 Å². The average Bonchev–Trinajstić information content (AvgIpc) is 2.81. The third-order valence-electron chi connectivity index (χ3n) is 3.68. The molecule has 2 heterocycles. The highest BCUT2D eigenvalue weighted by molar-refractivity contribution is 5.85. The van der Waals surface area contributed by atoms with Crippen LogP contribution < -0.4 is 0 Å². The van der Waals surface area contributed by atoms with Crippen molar-refractivity contribution < 1.29 is 19.1 Å². The van der Waals surface area contributed by atoms with Crippen molar-refractivity contribution in [2.75, 3.05) is 41.0 Å². The lowest BCUT2D eigenvalue weighted by molar-refractivity contribution is -0.140. The van der Waals surface area contributed by atoms with Crippen LogP contribution in [-0.4, -0.2) is 74.7 Å². The lowest BCUT2D eigenvalue weighted by Gasteiger charge is -2.21. The van der Waals surface area contributed by atoms with Gasteiger partial charge in [0, 0.05) is 40.3 Å². The van der Waals surface area contributed by atoms with Gasteiger partial charge in [0.1, 0.15) is 12.7 Å². The Balaban J connectivity index is 2.07. The summed E-state index contributed by atoms with van der Waals surface area (Å²) in [5, 5.41) is 0. The van der Waals surface area contributed by atoms with Gasteiger partial charge < -0.3 is 19.3 Å². The van der Waals surface area contributed by atoms with Crippen LogP contribution in [0.2, 0.25) is 0 Å². The molecule has 0 aromatic rings. The summed E-state index contributed by atoms with van der Waals surface area (Å²) in [5.74, 6) is 0.0669. The highest BCUT2D eigenvalue weighted by Crippen LogP contribution is 2.33. The van der Waals surface area contributed by atoms with Crippen molar-refractivity contribution in [3.63, 3.8) is 0 Å². The van der Waals surface area contributed by atoms with Gasteiger partial charge in [-0.2, -0.15) is 0 Å². The fourth-order valence-electron chi connectivity index (χ4n) is 2.76. The van der Waals surface area contributed by atoms with Crippen LogP contribution in [0.3, 0.4) is 0 Å². The molecule has 6 heteroatoms. The van der Waals surface area contributed by atoms with Crippen LogP contribution in [-0.2, 0) is 19.1 Å². The molecule has 0 aromatic carbocycles. The highest BCUT2D eigenvalue weighted by atomic mass is 16.5. The first-order valence-corrected chi connectivity index (χ1v) is 5.66. The van der Waals surface area contributed by atoms with Crippen molar-refractivity contribution in [2.24, 2.45) is 5.92 Å². The lowest BCUT2D eigenvalue weighted by atomic mass is 10.0. The normalized spacial score (nSPS) is 32.2. The van der Waals surface area contributed by atoms with E-state index in [0.29, 0.717) is 13.1 Å². The summed E-state index contributed by atoms with van der Waals surface area (Å²) in [5.41, 5.74) is 0. The Kier molecular flexibility index (Phi) is 3.35. The zero-order valence-corrected chi connectivity index (χ0v) is 10.4. The Hall–Kier alpha value is -1.14. The predicted molar refractivity (Wildman–Crippen MR) is 59.3 cm³/mol. The number of methoxy groups -OCH3 is 2. The van der Waals surface area contributed by atoms with Crippen molar-refractivity contribution in [1.29, 1.82) is 0 Å². The molecular formula is C11H18N2O4. The van der Waals surface area contributed by atoms with Crippen molar-refractivity contribution >= 4 is 11.8 Å². The van der Waals surface area contributed by atoms with Crippen LogP contribution >= 0.6 is 0 Å². The van der Waals surface area contributed by atoms with E-state index in [1.54, 1.807) is 24.0 Å². The number of carbonyl (C=O) groups is 2. The zero-order valence-electron chi connectivity index (χ0n) is 10.4. The van der Waals surface area contributed by atoms with E-state index >= 15 is 0 Å². The first-order chi connectivity index (χ1) is 8.10. The molecule has 3 atom stereocenters. The molecule has 6 nitrogen and oxygen atoms in total. The molecule has 96 valence electrons. The summed E-state index contributed by atoms with van der Waals surface area (Å²) in [4.78, 5) is 27.0. The number of hydrogen-bond donors (Lipinski definition) is 0. The monoisotopic (exact) mass is 242 g/mol. The molecule has 2 fully saturated rings. The molecule has 17 heavy (non-hydrogen) atoms. The van der Waals surface area contributed by atoms with Crippen LogP contribution in [0, 0.1) is 5.92 Å². The van der Waals surface area contributed by atoms with Gasteiger partial charge in [0.05, 0.1) is 6.04 Å². The number of hydrogen-bond acceptors (Lipinski definition) is 4. The predicted octanol–water partition coefficient (Wildman–Crippen LogP) is -1.05.